The molecule has 1 N–H and O–H groups in total. The van der Waals surface area contributed by atoms with E-state index in [4.69, 9.17) is 5.11 Å². The van der Waals surface area contributed by atoms with E-state index in [9.17, 15) is 4.79 Å². The highest BCUT2D eigenvalue weighted by Crippen LogP contribution is 2.53. The van der Waals surface area contributed by atoms with Crippen LogP contribution in [0, 0.1) is 0 Å². The summed E-state index contributed by atoms with van der Waals surface area (Å²) in [7, 11) is 0. The van der Waals surface area contributed by atoms with Crippen molar-refractivity contribution in [3.05, 3.63) is 16.1 Å². The van der Waals surface area contributed by atoms with Gasteiger partial charge in [0.05, 0.1) is 11.4 Å². The Kier molecular flexibility index (Phi) is 2.54. The predicted octanol–water partition coefficient (Wildman–Crippen LogP) is 2.77. The van der Waals surface area contributed by atoms with E-state index in [-0.39, 0.29) is 11.8 Å². The Bertz CT molecular complexity index is 380. The molecule has 4 heteroatoms. The second kappa shape index (κ2) is 3.59. The van der Waals surface area contributed by atoms with Crippen molar-refractivity contribution in [3.63, 3.8) is 0 Å². The maximum Gasteiger partial charge on any atom is 0.304 e. The SMILES string of the molecule is CC(C)c1ncc(C2(CC(=O)O)CC2)s1. The molecule has 15 heavy (non-hydrogen) atoms. The lowest BCUT2D eigenvalue weighted by Crippen LogP contribution is -2.11. The summed E-state index contributed by atoms with van der Waals surface area (Å²) in [6, 6.07) is 0. The van der Waals surface area contributed by atoms with E-state index < -0.39 is 5.97 Å². The Hall–Kier alpha value is -0.900. The van der Waals surface area contributed by atoms with Gasteiger partial charge >= 0.3 is 5.97 Å². The molecule has 1 aromatic rings. The van der Waals surface area contributed by atoms with Gasteiger partial charge in [0.15, 0.2) is 0 Å². The van der Waals surface area contributed by atoms with Crippen LogP contribution in [-0.4, -0.2) is 16.1 Å². The smallest absolute Gasteiger partial charge is 0.304 e. The minimum absolute atomic E-state index is 0.0728. The van der Waals surface area contributed by atoms with E-state index in [1.54, 1.807) is 11.3 Å². The van der Waals surface area contributed by atoms with Crippen molar-refractivity contribution in [2.24, 2.45) is 0 Å². The minimum atomic E-state index is -0.702. The average Bonchev–Trinajstić information content (AvgIpc) is 2.75. The van der Waals surface area contributed by atoms with Crippen LogP contribution in [0.5, 0.6) is 0 Å². The third kappa shape index (κ3) is 2.04. The van der Waals surface area contributed by atoms with Crippen LogP contribution in [-0.2, 0) is 10.2 Å². The number of aliphatic carboxylic acids is 1. The van der Waals surface area contributed by atoms with Crippen LogP contribution in [0.3, 0.4) is 0 Å². The lowest BCUT2D eigenvalue weighted by Gasteiger charge is -2.08. The number of hydrogen-bond donors (Lipinski definition) is 1. The monoisotopic (exact) mass is 225 g/mol. The van der Waals surface area contributed by atoms with Crippen LogP contribution in [0.15, 0.2) is 6.20 Å². The molecule has 1 heterocycles. The zero-order valence-electron chi connectivity index (χ0n) is 8.99. The Morgan fingerprint density at radius 3 is 2.73 bits per heavy atom. The highest BCUT2D eigenvalue weighted by molar-refractivity contribution is 7.11. The Morgan fingerprint density at radius 1 is 1.67 bits per heavy atom. The van der Waals surface area contributed by atoms with E-state index in [2.05, 4.69) is 18.8 Å². The summed E-state index contributed by atoms with van der Waals surface area (Å²) in [5, 5.41) is 9.96. The van der Waals surface area contributed by atoms with Crippen LogP contribution in [0.1, 0.15) is 48.9 Å². The second-order valence-electron chi connectivity index (χ2n) is 4.57. The first-order valence-electron chi connectivity index (χ1n) is 5.21. The number of carboxylic acid groups (broad SMARTS) is 1. The van der Waals surface area contributed by atoms with Crippen LogP contribution in [0.2, 0.25) is 0 Å². The van der Waals surface area contributed by atoms with Gasteiger partial charge in [-0.25, -0.2) is 4.98 Å². The Balaban J connectivity index is 2.18. The van der Waals surface area contributed by atoms with Gasteiger partial charge in [0, 0.05) is 22.4 Å². The Labute approximate surface area is 93.2 Å². The molecule has 0 bridgehead atoms. The first-order chi connectivity index (χ1) is 7.03. The van der Waals surface area contributed by atoms with Crippen LogP contribution in [0.4, 0.5) is 0 Å². The number of hydrogen-bond acceptors (Lipinski definition) is 3. The largest absolute Gasteiger partial charge is 0.481 e. The van der Waals surface area contributed by atoms with Crippen molar-refractivity contribution < 1.29 is 9.90 Å². The number of nitrogens with zero attached hydrogens (tertiary/aromatic N) is 1. The van der Waals surface area contributed by atoms with Gasteiger partial charge in [0.2, 0.25) is 0 Å². The summed E-state index contributed by atoms with van der Waals surface area (Å²) in [6.07, 6.45) is 4.13. The quantitative estimate of drug-likeness (QED) is 0.857. The number of aromatic nitrogens is 1. The summed E-state index contributed by atoms with van der Waals surface area (Å²) >= 11 is 1.68. The molecule has 1 aliphatic rings. The van der Waals surface area contributed by atoms with E-state index in [1.807, 2.05) is 6.20 Å². The highest BCUT2D eigenvalue weighted by atomic mass is 32.1. The van der Waals surface area contributed by atoms with Crippen molar-refractivity contribution in [1.82, 2.24) is 4.98 Å². The topological polar surface area (TPSA) is 50.2 Å². The van der Waals surface area contributed by atoms with Crippen molar-refractivity contribution >= 4 is 17.3 Å². The lowest BCUT2D eigenvalue weighted by atomic mass is 10.0. The van der Waals surface area contributed by atoms with Crippen LogP contribution in [0.25, 0.3) is 0 Å². The molecular weight excluding hydrogens is 210 g/mol. The zero-order valence-corrected chi connectivity index (χ0v) is 9.80. The third-order valence-corrected chi connectivity index (χ3v) is 4.43. The van der Waals surface area contributed by atoms with E-state index in [0.29, 0.717) is 5.92 Å². The molecule has 1 fully saturated rings. The summed E-state index contributed by atoms with van der Waals surface area (Å²) in [4.78, 5) is 16.3. The fourth-order valence-electron chi connectivity index (χ4n) is 1.75. The van der Waals surface area contributed by atoms with Crippen LogP contribution < -0.4 is 0 Å². The maximum absolute atomic E-state index is 10.8. The predicted molar refractivity (Wildman–Crippen MR) is 59.4 cm³/mol. The van der Waals surface area contributed by atoms with Crippen molar-refractivity contribution in [2.75, 3.05) is 0 Å². The molecular formula is C11H15NO2S. The summed E-state index contributed by atoms with van der Waals surface area (Å²) in [5.74, 6) is -0.267. The minimum Gasteiger partial charge on any atom is -0.481 e. The molecule has 1 saturated carbocycles. The number of carboxylic acids is 1. The number of thiazole rings is 1. The van der Waals surface area contributed by atoms with Crippen molar-refractivity contribution in [1.29, 1.82) is 0 Å². The summed E-state index contributed by atoms with van der Waals surface area (Å²) in [6.45, 7) is 4.22. The number of carbonyl (C=O) groups is 1. The fraction of sp³-hybridized carbons (Fsp3) is 0.636. The highest BCUT2D eigenvalue weighted by Gasteiger charge is 2.47. The second-order valence-corrected chi connectivity index (χ2v) is 5.63. The molecule has 0 unspecified atom stereocenters. The molecule has 0 saturated heterocycles. The molecule has 2 rings (SSSR count). The molecule has 0 radical (unpaired) electrons. The summed E-state index contributed by atoms with van der Waals surface area (Å²) in [5.41, 5.74) is -0.0728. The van der Waals surface area contributed by atoms with Gasteiger partial charge in [-0.2, -0.15) is 0 Å². The van der Waals surface area contributed by atoms with Gasteiger partial charge in [-0.1, -0.05) is 13.8 Å². The molecule has 0 aliphatic heterocycles. The standard InChI is InChI=1S/C11H15NO2S/c1-7(2)10-12-6-8(15-10)11(3-4-11)5-9(13)14/h6-7H,3-5H2,1-2H3,(H,13,14). The molecule has 1 aliphatic carbocycles. The molecule has 0 aromatic carbocycles. The molecule has 0 amide bonds. The normalized spacial score (nSPS) is 18.1. The van der Waals surface area contributed by atoms with Crippen LogP contribution >= 0.6 is 11.3 Å². The maximum atomic E-state index is 10.8. The first kappa shape index (κ1) is 10.6. The number of rotatable bonds is 4. The third-order valence-electron chi connectivity index (χ3n) is 2.88. The Morgan fingerprint density at radius 2 is 2.33 bits per heavy atom. The van der Waals surface area contributed by atoms with Gasteiger partial charge in [-0.3, -0.25) is 4.79 Å². The van der Waals surface area contributed by atoms with E-state index in [1.165, 1.54) is 0 Å². The summed E-state index contributed by atoms with van der Waals surface area (Å²) < 4.78 is 0. The van der Waals surface area contributed by atoms with Gasteiger partial charge in [0.25, 0.3) is 0 Å². The van der Waals surface area contributed by atoms with Crippen molar-refractivity contribution in [3.8, 4) is 0 Å². The molecule has 82 valence electrons. The molecule has 1 aromatic heterocycles. The van der Waals surface area contributed by atoms with E-state index in [0.717, 1.165) is 22.7 Å². The first-order valence-corrected chi connectivity index (χ1v) is 6.03. The van der Waals surface area contributed by atoms with E-state index >= 15 is 0 Å². The zero-order chi connectivity index (χ0) is 11.1. The van der Waals surface area contributed by atoms with Gasteiger partial charge in [-0.15, -0.1) is 11.3 Å². The fourth-order valence-corrected chi connectivity index (χ4v) is 2.92. The molecule has 0 atom stereocenters. The molecule has 0 spiro atoms. The van der Waals surface area contributed by atoms with Gasteiger partial charge in [-0.05, 0) is 12.8 Å². The lowest BCUT2D eigenvalue weighted by molar-refractivity contribution is -0.137. The molecule has 3 nitrogen and oxygen atoms in total. The average molecular weight is 225 g/mol. The van der Waals surface area contributed by atoms with Crippen molar-refractivity contribution in [2.45, 2.75) is 44.4 Å². The van der Waals surface area contributed by atoms with Gasteiger partial charge in [0.1, 0.15) is 0 Å². The van der Waals surface area contributed by atoms with Gasteiger partial charge < -0.3 is 5.11 Å².